The number of aromatic amines is 1. The van der Waals surface area contributed by atoms with E-state index in [0.29, 0.717) is 11.4 Å². The Morgan fingerprint density at radius 3 is 2.54 bits per heavy atom. The molecule has 8 heteroatoms. The number of nitrogens with two attached hydrogens (primary N) is 1. The highest BCUT2D eigenvalue weighted by atomic mass is 16.2. The van der Waals surface area contributed by atoms with Gasteiger partial charge in [0.05, 0.1) is 5.69 Å². The molecule has 3 aromatic heterocycles. The number of benzene rings is 1. The predicted octanol–water partition coefficient (Wildman–Crippen LogP) is 1.58. The summed E-state index contributed by atoms with van der Waals surface area (Å²) in [5.41, 5.74) is 7.59. The van der Waals surface area contributed by atoms with Gasteiger partial charge in [-0.05, 0) is 31.2 Å². The van der Waals surface area contributed by atoms with E-state index in [9.17, 15) is 9.59 Å². The molecule has 0 spiro atoms. The highest BCUT2D eigenvalue weighted by molar-refractivity contribution is 6.02. The second-order valence-corrected chi connectivity index (χ2v) is 5.77. The Bertz CT molecular complexity index is 1180. The Labute approximate surface area is 147 Å². The summed E-state index contributed by atoms with van der Waals surface area (Å²) in [6.45, 7) is 1.95. The molecule has 4 aromatic rings. The fraction of sp³-hybridized carbons (Fsp3) is 0.0556. The largest absolute Gasteiger partial charge is 0.364 e. The number of nitrogens with one attached hydrogen (secondary N) is 1. The molecule has 4 rings (SSSR count). The van der Waals surface area contributed by atoms with Crippen LogP contribution in [0.25, 0.3) is 28.4 Å². The number of hydrogen-bond donors (Lipinski definition) is 2. The molecule has 0 saturated carbocycles. The van der Waals surface area contributed by atoms with Gasteiger partial charge in [-0.3, -0.25) is 9.78 Å². The molecule has 3 heterocycles. The lowest BCUT2D eigenvalue weighted by molar-refractivity contribution is 0.0997. The molecule has 128 valence electrons. The highest BCUT2D eigenvalue weighted by Gasteiger charge is 2.20. The van der Waals surface area contributed by atoms with Gasteiger partial charge in [0.1, 0.15) is 11.2 Å². The van der Waals surface area contributed by atoms with Gasteiger partial charge in [0.25, 0.3) is 5.91 Å². The number of primary amides is 1. The molecule has 0 aliphatic carbocycles. The molecule has 0 aliphatic heterocycles. The standard InChI is InChI=1S/C18H14N6O2/c1-10-5-7-11(8-6-10)24-17-14(22-18(24)26)13(15(19)25)21-16(23-17)12-4-2-3-9-20-12/h2-9H,1H3,(H2,19,25)(H,22,26). The van der Waals surface area contributed by atoms with Crippen LogP contribution in [0, 0.1) is 6.92 Å². The third kappa shape index (κ3) is 2.53. The summed E-state index contributed by atoms with van der Waals surface area (Å²) < 4.78 is 1.38. The van der Waals surface area contributed by atoms with Crippen LogP contribution >= 0.6 is 0 Å². The van der Waals surface area contributed by atoms with Gasteiger partial charge in [-0.1, -0.05) is 23.8 Å². The molecule has 26 heavy (non-hydrogen) atoms. The van der Waals surface area contributed by atoms with Gasteiger partial charge in [-0.2, -0.15) is 0 Å². The van der Waals surface area contributed by atoms with Crippen LogP contribution in [0.3, 0.4) is 0 Å². The maximum absolute atomic E-state index is 12.5. The minimum Gasteiger partial charge on any atom is -0.364 e. The quantitative estimate of drug-likeness (QED) is 0.583. The van der Waals surface area contributed by atoms with Crippen molar-refractivity contribution in [1.82, 2.24) is 24.5 Å². The molecule has 0 radical (unpaired) electrons. The molecule has 0 saturated heterocycles. The Hall–Kier alpha value is -3.81. The molecular formula is C18H14N6O2. The Balaban J connectivity index is 2.06. The number of carbonyl (C=O) groups excluding carboxylic acids is 1. The van der Waals surface area contributed by atoms with Crippen LogP contribution in [0.1, 0.15) is 16.1 Å². The van der Waals surface area contributed by atoms with E-state index < -0.39 is 11.6 Å². The number of nitrogens with zero attached hydrogens (tertiary/aromatic N) is 4. The second-order valence-electron chi connectivity index (χ2n) is 5.77. The van der Waals surface area contributed by atoms with Gasteiger partial charge >= 0.3 is 5.69 Å². The van der Waals surface area contributed by atoms with Crippen LogP contribution in [0.2, 0.25) is 0 Å². The number of aromatic nitrogens is 5. The average Bonchev–Trinajstić information content (AvgIpc) is 2.98. The first-order valence-electron chi connectivity index (χ1n) is 7.85. The fourth-order valence-corrected chi connectivity index (χ4v) is 2.71. The third-order valence-electron chi connectivity index (χ3n) is 3.96. The minimum atomic E-state index is -0.758. The van der Waals surface area contributed by atoms with Crippen molar-refractivity contribution in [3.63, 3.8) is 0 Å². The van der Waals surface area contributed by atoms with Crippen LogP contribution in [0.5, 0.6) is 0 Å². The Morgan fingerprint density at radius 1 is 1.12 bits per heavy atom. The average molecular weight is 346 g/mol. The summed E-state index contributed by atoms with van der Waals surface area (Å²) in [6, 6.07) is 12.6. The summed E-state index contributed by atoms with van der Waals surface area (Å²) in [5, 5.41) is 0. The summed E-state index contributed by atoms with van der Waals surface area (Å²) in [5.74, 6) is -0.543. The van der Waals surface area contributed by atoms with Crippen molar-refractivity contribution < 1.29 is 4.79 Å². The zero-order valence-corrected chi connectivity index (χ0v) is 13.8. The predicted molar refractivity (Wildman–Crippen MR) is 96.0 cm³/mol. The van der Waals surface area contributed by atoms with Crippen molar-refractivity contribution in [3.8, 4) is 17.2 Å². The van der Waals surface area contributed by atoms with Crippen LogP contribution < -0.4 is 11.4 Å². The van der Waals surface area contributed by atoms with Gasteiger partial charge in [-0.25, -0.2) is 19.3 Å². The fourth-order valence-electron chi connectivity index (χ4n) is 2.71. The summed E-state index contributed by atoms with van der Waals surface area (Å²) in [7, 11) is 0. The molecular weight excluding hydrogens is 332 g/mol. The molecule has 1 aromatic carbocycles. The third-order valence-corrected chi connectivity index (χ3v) is 3.96. The van der Waals surface area contributed by atoms with Crippen molar-refractivity contribution in [1.29, 1.82) is 0 Å². The van der Waals surface area contributed by atoms with Crippen LogP contribution in [-0.2, 0) is 0 Å². The number of amides is 1. The number of carbonyl (C=O) groups is 1. The number of rotatable bonds is 3. The zero-order chi connectivity index (χ0) is 18.3. The number of hydrogen-bond acceptors (Lipinski definition) is 5. The van der Waals surface area contributed by atoms with E-state index in [1.165, 1.54) is 4.57 Å². The highest BCUT2D eigenvalue weighted by Crippen LogP contribution is 2.20. The molecule has 1 amide bonds. The molecule has 0 aliphatic rings. The van der Waals surface area contributed by atoms with Gasteiger partial charge in [0.15, 0.2) is 17.2 Å². The van der Waals surface area contributed by atoms with Crippen LogP contribution in [0.4, 0.5) is 0 Å². The lowest BCUT2D eigenvalue weighted by Crippen LogP contribution is -2.15. The SMILES string of the molecule is Cc1ccc(-n2c(=O)[nH]c3c(C(N)=O)nc(-c4ccccn4)nc32)cc1. The molecule has 3 N–H and O–H groups in total. The van der Waals surface area contributed by atoms with Crippen LogP contribution in [-0.4, -0.2) is 30.4 Å². The van der Waals surface area contributed by atoms with E-state index in [-0.39, 0.29) is 22.7 Å². The van der Waals surface area contributed by atoms with E-state index in [0.717, 1.165) is 5.56 Å². The van der Waals surface area contributed by atoms with E-state index in [1.54, 1.807) is 36.5 Å². The normalized spacial score (nSPS) is 11.0. The first-order valence-corrected chi connectivity index (χ1v) is 7.85. The van der Waals surface area contributed by atoms with E-state index in [1.807, 2.05) is 19.1 Å². The lowest BCUT2D eigenvalue weighted by atomic mass is 10.2. The maximum atomic E-state index is 12.5. The van der Waals surface area contributed by atoms with Crippen molar-refractivity contribution in [3.05, 3.63) is 70.4 Å². The van der Waals surface area contributed by atoms with E-state index in [2.05, 4.69) is 19.9 Å². The minimum absolute atomic E-state index is 0.0568. The van der Waals surface area contributed by atoms with Gasteiger partial charge in [-0.15, -0.1) is 0 Å². The molecule has 0 atom stereocenters. The van der Waals surface area contributed by atoms with E-state index >= 15 is 0 Å². The van der Waals surface area contributed by atoms with Crippen molar-refractivity contribution in [2.24, 2.45) is 5.73 Å². The Morgan fingerprint density at radius 2 is 1.88 bits per heavy atom. The van der Waals surface area contributed by atoms with Crippen molar-refractivity contribution in [2.75, 3.05) is 0 Å². The summed E-state index contributed by atoms with van der Waals surface area (Å²) in [6.07, 6.45) is 1.59. The number of fused-ring (bicyclic) bond motifs is 1. The summed E-state index contributed by atoms with van der Waals surface area (Å²) >= 11 is 0. The number of aryl methyl sites for hydroxylation is 1. The van der Waals surface area contributed by atoms with Crippen molar-refractivity contribution in [2.45, 2.75) is 6.92 Å². The lowest BCUT2D eigenvalue weighted by Gasteiger charge is -2.06. The number of H-pyrrole nitrogens is 1. The first kappa shape index (κ1) is 15.7. The number of pyridine rings is 1. The smallest absolute Gasteiger partial charge is 0.332 e. The topological polar surface area (TPSA) is 120 Å². The molecule has 0 unspecified atom stereocenters. The van der Waals surface area contributed by atoms with Gasteiger partial charge < -0.3 is 10.7 Å². The summed E-state index contributed by atoms with van der Waals surface area (Å²) in [4.78, 5) is 39.9. The second kappa shape index (κ2) is 5.92. The van der Waals surface area contributed by atoms with Crippen molar-refractivity contribution >= 4 is 17.1 Å². The van der Waals surface area contributed by atoms with Gasteiger partial charge in [0, 0.05) is 6.20 Å². The van der Waals surface area contributed by atoms with Gasteiger partial charge in [0.2, 0.25) is 0 Å². The Kier molecular flexibility index (Phi) is 3.58. The van der Waals surface area contributed by atoms with Crippen LogP contribution in [0.15, 0.2) is 53.5 Å². The molecule has 8 nitrogen and oxygen atoms in total. The van der Waals surface area contributed by atoms with E-state index in [4.69, 9.17) is 5.73 Å². The molecule has 0 fully saturated rings. The molecule has 0 bridgehead atoms. The zero-order valence-electron chi connectivity index (χ0n) is 13.8. The monoisotopic (exact) mass is 346 g/mol. The first-order chi connectivity index (χ1) is 12.5. The number of imidazole rings is 1. The maximum Gasteiger partial charge on any atom is 0.332 e.